The standard InChI is InChI=1S/C19H18FN5O3S2/c1-2-11-25-18(13-3-5-14(20)6-4-13)23-24-19(25)29-12-17(26)22-15-7-9-16(10-8-15)30(21,27)28/h2-10H,1,11-12H2,(H,22,26)(H2,21,27,28). The van der Waals surface area contributed by atoms with Crippen LogP contribution in [0.4, 0.5) is 10.1 Å². The zero-order valence-corrected chi connectivity index (χ0v) is 17.3. The summed E-state index contributed by atoms with van der Waals surface area (Å²) in [6, 6.07) is 11.4. The maximum Gasteiger partial charge on any atom is 0.238 e. The summed E-state index contributed by atoms with van der Waals surface area (Å²) < 4.78 is 37.5. The number of benzene rings is 2. The molecule has 3 aromatic rings. The molecule has 0 fully saturated rings. The average Bonchev–Trinajstić information content (AvgIpc) is 3.10. The number of amides is 1. The Morgan fingerprint density at radius 2 is 1.83 bits per heavy atom. The number of carbonyl (C=O) groups is 1. The molecule has 30 heavy (non-hydrogen) atoms. The second kappa shape index (κ2) is 9.20. The van der Waals surface area contributed by atoms with Crippen LogP contribution in [0.1, 0.15) is 0 Å². The van der Waals surface area contributed by atoms with E-state index in [1.165, 1.54) is 48.2 Å². The lowest BCUT2D eigenvalue weighted by Crippen LogP contribution is -2.15. The maximum atomic E-state index is 13.2. The Morgan fingerprint density at radius 3 is 2.43 bits per heavy atom. The number of allylic oxidation sites excluding steroid dienone is 1. The molecular formula is C19H18FN5O3S2. The van der Waals surface area contributed by atoms with E-state index in [-0.39, 0.29) is 22.4 Å². The number of aromatic nitrogens is 3. The molecule has 0 atom stereocenters. The fourth-order valence-corrected chi connectivity index (χ4v) is 3.82. The smallest absolute Gasteiger partial charge is 0.238 e. The Balaban J connectivity index is 1.68. The highest BCUT2D eigenvalue weighted by Gasteiger charge is 2.15. The molecule has 2 aromatic carbocycles. The monoisotopic (exact) mass is 447 g/mol. The molecule has 1 amide bonds. The molecule has 0 unspecified atom stereocenters. The third-order valence-corrected chi connectivity index (χ3v) is 5.83. The number of anilines is 1. The summed E-state index contributed by atoms with van der Waals surface area (Å²) in [7, 11) is -3.79. The van der Waals surface area contributed by atoms with Gasteiger partial charge in [0.25, 0.3) is 0 Å². The second-order valence-corrected chi connectivity index (χ2v) is 8.62. The third-order valence-electron chi connectivity index (χ3n) is 3.93. The Kier molecular flexibility index (Phi) is 6.65. The Hall–Kier alpha value is -3.02. The highest BCUT2D eigenvalue weighted by Crippen LogP contribution is 2.24. The van der Waals surface area contributed by atoms with Crippen LogP contribution >= 0.6 is 11.8 Å². The Bertz CT molecular complexity index is 1160. The van der Waals surface area contributed by atoms with Gasteiger partial charge in [-0.3, -0.25) is 9.36 Å². The third kappa shape index (κ3) is 5.32. The Morgan fingerprint density at radius 1 is 1.17 bits per heavy atom. The number of hydrogen-bond acceptors (Lipinski definition) is 6. The molecule has 0 aliphatic heterocycles. The van der Waals surface area contributed by atoms with Gasteiger partial charge in [0.05, 0.1) is 10.6 Å². The molecule has 11 heteroatoms. The van der Waals surface area contributed by atoms with E-state index in [1.54, 1.807) is 22.8 Å². The summed E-state index contributed by atoms with van der Waals surface area (Å²) in [5.74, 6) is -0.0662. The SMILES string of the molecule is C=CCn1c(SCC(=O)Nc2ccc(S(N)(=O)=O)cc2)nnc1-c1ccc(F)cc1. The zero-order valence-electron chi connectivity index (χ0n) is 15.7. The van der Waals surface area contributed by atoms with E-state index in [4.69, 9.17) is 5.14 Å². The van der Waals surface area contributed by atoms with Crippen molar-refractivity contribution >= 4 is 33.4 Å². The molecule has 0 aliphatic rings. The molecule has 0 bridgehead atoms. The number of thioether (sulfide) groups is 1. The number of carbonyl (C=O) groups excluding carboxylic acids is 1. The van der Waals surface area contributed by atoms with Crippen LogP contribution in [-0.2, 0) is 21.4 Å². The molecule has 1 aromatic heterocycles. The summed E-state index contributed by atoms with van der Waals surface area (Å²) in [5.41, 5.74) is 1.13. The van der Waals surface area contributed by atoms with Crippen LogP contribution in [-0.4, -0.2) is 34.8 Å². The molecule has 0 saturated carbocycles. The van der Waals surface area contributed by atoms with Crippen molar-refractivity contribution in [3.63, 3.8) is 0 Å². The van der Waals surface area contributed by atoms with Gasteiger partial charge in [0.1, 0.15) is 5.82 Å². The van der Waals surface area contributed by atoms with Crippen molar-refractivity contribution in [2.75, 3.05) is 11.1 Å². The second-order valence-electron chi connectivity index (χ2n) is 6.12. The summed E-state index contributed by atoms with van der Waals surface area (Å²) in [6.45, 7) is 4.14. The number of nitrogens with one attached hydrogen (secondary N) is 1. The van der Waals surface area contributed by atoms with Gasteiger partial charge in [0.15, 0.2) is 11.0 Å². The van der Waals surface area contributed by atoms with Crippen molar-refractivity contribution < 1.29 is 17.6 Å². The minimum Gasteiger partial charge on any atom is -0.325 e. The lowest BCUT2D eigenvalue weighted by molar-refractivity contribution is -0.113. The van der Waals surface area contributed by atoms with Gasteiger partial charge in [-0.05, 0) is 48.5 Å². The van der Waals surface area contributed by atoms with E-state index in [9.17, 15) is 17.6 Å². The van der Waals surface area contributed by atoms with Crippen molar-refractivity contribution in [3.05, 3.63) is 67.0 Å². The highest BCUT2D eigenvalue weighted by molar-refractivity contribution is 7.99. The van der Waals surface area contributed by atoms with Crippen molar-refractivity contribution in [2.45, 2.75) is 16.6 Å². The molecule has 3 rings (SSSR count). The van der Waals surface area contributed by atoms with Crippen LogP contribution in [0.5, 0.6) is 0 Å². The quantitative estimate of drug-likeness (QED) is 0.405. The van der Waals surface area contributed by atoms with E-state index < -0.39 is 10.0 Å². The van der Waals surface area contributed by atoms with E-state index in [0.717, 1.165) is 0 Å². The number of primary sulfonamides is 1. The van der Waals surface area contributed by atoms with Gasteiger partial charge < -0.3 is 5.32 Å². The van der Waals surface area contributed by atoms with E-state index in [0.29, 0.717) is 28.8 Å². The lowest BCUT2D eigenvalue weighted by atomic mass is 10.2. The van der Waals surface area contributed by atoms with Gasteiger partial charge in [0, 0.05) is 17.8 Å². The molecule has 156 valence electrons. The zero-order chi connectivity index (χ0) is 21.7. The molecule has 3 N–H and O–H groups in total. The average molecular weight is 448 g/mol. The van der Waals surface area contributed by atoms with Crippen LogP contribution in [0, 0.1) is 5.82 Å². The normalized spacial score (nSPS) is 11.3. The molecule has 1 heterocycles. The number of nitrogens with zero attached hydrogens (tertiary/aromatic N) is 3. The van der Waals surface area contributed by atoms with E-state index in [2.05, 4.69) is 22.1 Å². The topological polar surface area (TPSA) is 120 Å². The van der Waals surface area contributed by atoms with Gasteiger partial charge in [-0.15, -0.1) is 16.8 Å². The molecular weight excluding hydrogens is 429 g/mol. The van der Waals surface area contributed by atoms with Crippen molar-refractivity contribution in [3.8, 4) is 11.4 Å². The first kappa shape index (κ1) is 21.7. The van der Waals surface area contributed by atoms with Crippen molar-refractivity contribution in [2.24, 2.45) is 5.14 Å². The molecule has 0 aliphatic carbocycles. The number of hydrogen-bond donors (Lipinski definition) is 2. The first-order chi connectivity index (χ1) is 14.3. The van der Waals surface area contributed by atoms with Gasteiger partial charge in [-0.25, -0.2) is 17.9 Å². The first-order valence-corrected chi connectivity index (χ1v) is 11.2. The number of rotatable bonds is 8. The van der Waals surface area contributed by atoms with E-state index >= 15 is 0 Å². The largest absolute Gasteiger partial charge is 0.325 e. The van der Waals surface area contributed by atoms with Gasteiger partial charge in [-0.2, -0.15) is 0 Å². The molecule has 0 saturated heterocycles. The van der Waals surface area contributed by atoms with Crippen LogP contribution in [0.15, 0.2) is 71.2 Å². The van der Waals surface area contributed by atoms with Crippen LogP contribution in [0.25, 0.3) is 11.4 Å². The predicted octanol–water partition coefficient (Wildman–Crippen LogP) is 2.65. The molecule has 0 radical (unpaired) electrons. The van der Waals surface area contributed by atoms with Crippen molar-refractivity contribution in [1.29, 1.82) is 0 Å². The summed E-state index contributed by atoms with van der Waals surface area (Å²) in [6.07, 6.45) is 1.67. The number of halogens is 1. The lowest BCUT2D eigenvalue weighted by Gasteiger charge is -2.08. The van der Waals surface area contributed by atoms with Gasteiger partial charge in [0.2, 0.25) is 15.9 Å². The van der Waals surface area contributed by atoms with Crippen LogP contribution in [0.3, 0.4) is 0 Å². The Labute approximate surface area is 177 Å². The molecule has 8 nitrogen and oxygen atoms in total. The molecule has 0 spiro atoms. The fraction of sp³-hybridized carbons (Fsp3) is 0.105. The minimum absolute atomic E-state index is 0.0410. The van der Waals surface area contributed by atoms with Gasteiger partial charge >= 0.3 is 0 Å². The summed E-state index contributed by atoms with van der Waals surface area (Å²) in [4.78, 5) is 12.2. The van der Waals surface area contributed by atoms with Crippen molar-refractivity contribution in [1.82, 2.24) is 14.8 Å². The fourth-order valence-electron chi connectivity index (χ4n) is 2.56. The number of nitrogens with two attached hydrogens (primary N) is 1. The van der Waals surface area contributed by atoms with Crippen LogP contribution in [0.2, 0.25) is 0 Å². The minimum atomic E-state index is -3.79. The highest BCUT2D eigenvalue weighted by atomic mass is 32.2. The maximum absolute atomic E-state index is 13.2. The number of sulfonamides is 1. The van der Waals surface area contributed by atoms with Gasteiger partial charge in [-0.1, -0.05) is 17.8 Å². The summed E-state index contributed by atoms with van der Waals surface area (Å²) >= 11 is 1.18. The first-order valence-electron chi connectivity index (χ1n) is 8.63. The summed E-state index contributed by atoms with van der Waals surface area (Å²) in [5, 5.41) is 16.5. The van der Waals surface area contributed by atoms with Crippen LogP contribution < -0.4 is 10.5 Å². The predicted molar refractivity (Wildman–Crippen MR) is 113 cm³/mol. The van der Waals surface area contributed by atoms with E-state index in [1.807, 2.05) is 0 Å².